The standard InChI is InChI=1S/C22H27ClN4O4S/c1-4-31-13-7-12-27-20-9-6-5-8-19(20)24-22(27)25-21(28)17-14-16(10-11-18(17)23)32(29,30)26-15(2)3/h5-6,8-11,14-15,26H,4,7,12-13H2,1-3H3,(H,24,25,28). The topological polar surface area (TPSA) is 102 Å². The Bertz CT molecular complexity index is 1210. The Labute approximate surface area is 193 Å². The Hall–Kier alpha value is -2.46. The van der Waals surface area contributed by atoms with Gasteiger partial charge in [-0.05, 0) is 57.5 Å². The van der Waals surface area contributed by atoms with Gasteiger partial charge in [0.25, 0.3) is 5.91 Å². The largest absolute Gasteiger partial charge is 0.382 e. The number of halogens is 1. The third-order valence-corrected chi connectivity index (χ3v) is 6.62. The quantitative estimate of drug-likeness (QED) is 0.428. The SMILES string of the molecule is CCOCCCn1c(NC(=O)c2cc(S(=O)(=O)NC(C)C)ccc2Cl)nc2ccccc21. The highest BCUT2D eigenvalue weighted by Crippen LogP contribution is 2.24. The lowest BCUT2D eigenvalue weighted by Gasteiger charge is -2.13. The van der Waals surface area contributed by atoms with Crippen LogP contribution in [0.1, 0.15) is 37.6 Å². The van der Waals surface area contributed by atoms with Gasteiger partial charge in [-0.15, -0.1) is 0 Å². The van der Waals surface area contributed by atoms with Crippen molar-refractivity contribution in [3.8, 4) is 0 Å². The number of fused-ring (bicyclic) bond motifs is 1. The lowest BCUT2D eigenvalue weighted by atomic mass is 10.2. The fourth-order valence-electron chi connectivity index (χ4n) is 3.26. The molecule has 1 amide bonds. The van der Waals surface area contributed by atoms with Gasteiger partial charge in [0.2, 0.25) is 16.0 Å². The number of aromatic nitrogens is 2. The van der Waals surface area contributed by atoms with Crippen molar-refractivity contribution in [2.24, 2.45) is 0 Å². The molecule has 0 atom stereocenters. The Morgan fingerprint density at radius 3 is 2.69 bits per heavy atom. The maximum atomic E-state index is 13.1. The molecule has 0 aliphatic carbocycles. The summed E-state index contributed by atoms with van der Waals surface area (Å²) in [4.78, 5) is 17.6. The van der Waals surface area contributed by atoms with E-state index in [1.165, 1.54) is 18.2 Å². The van der Waals surface area contributed by atoms with E-state index in [2.05, 4.69) is 15.0 Å². The summed E-state index contributed by atoms with van der Waals surface area (Å²) >= 11 is 6.23. The first-order valence-electron chi connectivity index (χ1n) is 10.4. The first-order valence-corrected chi connectivity index (χ1v) is 12.2. The minimum atomic E-state index is -3.77. The molecule has 32 heavy (non-hydrogen) atoms. The number of hydrogen-bond acceptors (Lipinski definition) is 5. The number of rotatable bonds is 10. The van der Waals surface area contributed by atoms with Gasteiger partial charge >= 0.3 is 0 Å². The van der Waals surface area contributed by atoms with Crippen LogP contribution in [0, 0.1) is 0 Å². The van der Waals surface area contributed by atoms with E-state index < -0.39 is 15.9 Å². The van der Waals surface area contributed by atoms with Crippen molar-refractivity contribution >= 4 is 44.5 Å². The van der Waals surface area contributed by atoms with Crippen LogP contribution in [0.15, 0.2) is 47.4 Å². The highest BCUT2D eigenvalue weighted by atomic mass is 35.5. The molecule has 3 aromatic rings. The van der Waals surface area contributed by atoms with Crippen molar-refractivity contribution in [1.29, 1.82) is 0 Å². The fraction of sp³-hybridized carbons (Fsp3) is 0.364. The van der Waals surface area contributed by atoms with Gasteiger partial charge in [0.05, 0.1) is 26.5 Å². The molecular formula is C22H27ClN4O4S. The lowest BCUT2D eigenvalue weighted by molar-refractivity contribution is 0.102. The summed E-state index contributed by atoms with van der Waals surface area (Å²) in [6.45, 7) is 7.19. The maximum absolute atomic E-state index is 13.1. The number of amides is 1. The molecule has 0 aliphatic heterocycles. The van der Waals surface area contributed by atoms with E-state index in [0.717, 1.165) is 17.5 Å². The Balaban J connectivity index is 1.91. The number of carbonyl (C=O) groups is 1. The number of aryl methyl sites for hydroxylation is 1. The Kier molecular flexibility index (Phi) is 7.89. The van der Waals surface area contributed by atoms with Crippen molar-refractivity contribution < 1.29 is 17.9 Å². The van der Waals surface area contributed by atoms with E-state index in [9.17, 15) is 13.2 Å². The average molecular weight is 479 g/mol. The van der Waals surface area contributed by atoms with Gasteiger partial charge in [0.1, 0.15) is 0 Å². The van der Waals surface area contributed by atoms with Crippen molar-refractivity contribution in [3.05, 3.63) is 53.1 Å². The van der Waals surface area contributed by atoms with Gasteiger partial charge < -0.3 is 9.30 Å². The number of benzene rings is 2. The first kappa shape index (κ1) is 24.2. The highest BCUT2D eigenvalue weighted by molar-refractivity contribution is 7.89. The second kappa shape index (κ2) is 10.4. The van der Waals surface area contributed by atoms with Gasteiger partial charge in [-0.1, -0.05) is 23.7 Å². The number of imidazole rings is 1. The molecule has 10 heteroatoms. The Morgan fingerprint density at radius 2 is 1.97 bits per heavy atom. The van der Waals surface area contributed by atoms with Crippen LogP contribution in [0.25, 0.3) is 11.0 Å². The molecule has 172 valence electrons. The van der Waals surface area contributed by atoms with Crippen LogP contribution < -0.4 is 10.0 Å². The molecule has 0 saturated carbocycles. The van der Waals surface area contributed by atoms with Gasteiger partial charge in [-0.3, -0.25) is 10.1 Å². The van der Waals surface area contributed by atoms with E-state index in [0.29, 0.717) is 25.7 Å². The van der Waals surface area contributed by atoms with Gasteiger partial charge in [0, 0.05) is 25.8 Å². The smallest absolute Gasteiger partial charge is 0.259 e. The van der Waals surface area contributed by atoms with E-state index in [-0.39, 0.29) is 21.5 Å². The number of anilines is 1. The molecule has 0 unspecified atom stereocenters. The predicted molar refractivity (Wildman–Crippen MR) is 126 cm³/mol. The van der Waals surface area contributed by atoms with E-state index in [1.54, 1.807) is 13.8 Å². The van der Waals surface area contributed by atoms with Crippen molar-refractivity contribution in [2.45, 2.75) is 44.7 Å². The predicted octanol–water partition coefficient (Wildman–Crippen LogP) is 4.06. The molecule has 0 spiro atoms. The zero-order valence-corrected chi connectivity index (χ0v) is 19.8. The van der Waals surface area contributed by atoms with Crippen LogP contribution in [0.2, 0.25) is 5.02 Å². The van der Waals surface area contributed by atoms with Crippen LogP contribution >= 0.6 is 11.6 Å². The molecule has 0 bridgehead atoms. The second-order valence-electron chi connectivity index (χ2n) is 7.50. The number of para-hydroxylation sites is 2. The molecule has 8 nitrogen and oxygen atoms in total. The molecule has 2 aromatic carbocycles. The fourth-order valence-corrected chi connectivity index (χ4v) is 4.74. The minimum Gasteiger partial charge on any atom is -0.382 e. The lowest BCUT2D eigenvalue weighted by Crippen LogP contribution is -2.30. The number of ether oxygens (including phenoxy) is 1. The molecule has 1 aromatic heterocycles. The number of hydrogen-bond donors (Lipinski definition) is 2. The zero-order valence-electron chi connectivity index (χ0n) is 18.3. The van der Waals surface area contributed by atoms with Crippen LogP contribution in [0.4, 0.5) is 5.95 Å². The van der Waals surface area contributed by atoms with Crippen molar-refractivity contribution in [3.63, 3.8) is 0 Å². The number of carbonyl (C=O) groups excluding carboxylic acids is 1. The Morgan fingerprint density at radius 1 is 1.22 bits per heavy atom. The summed E-state index contributed by atoms with van der Waals surface area (Å²) in [5.41, 5.74) is 1.66. The molecule has 0 aliphatic rings. The summed E-state index contributed by atoms with van der Waals surface area (Å²) in [5.74, 6) is -0.185. The van der Waals surface area contributed by atoms with E-state index in [1.807, 2.05) is 35.8 Å². The maximum Gasteiger partial charge on any atom is 0.259 e. The molecule has 0 fully saturated rings. The first-order chi connectivity index (χ1) is 15.2. The third-order valence-electron chi connectivity index (χ3n) is 4.64. The van der Waals surface area contributed by atoms with Crippen molar-refractivity contribution in [2.75, 3.05) is 18.5 Å². The monoisotopic (exact) mass is 478 g/mol. The summed E-state index contributed by atoms with van der Waals surface area (Å²) < 4.78 is 34.9. The summed E-state index contributed by atoms with van der Waals surface area (Å²) in [6.07, 6.45) is 0.742. The van der Waals surface area contributed by atoms with E-state index in [4.69, 9.17) is 16.3 Å². The molecule has 1 heterocycles. The zero-order chi connectivity index (χ0) is 23.3. The number of nitrogens with one attached hydrogen (secondary N) is 2. The van der Waals surface area contributed by atoms with Crippen molar-refractivity contribution in [1.82, 2.24) is 14.3 Å². The number of nitrogens with zero attached hydrogens (tertiary/aromatic N) is 2. The summed E-state index contributed by atoms with van der Waals surface area (Å²) in [7, 11) is -3.77. The van der Waals surface area contributed by atoms with Gasteiger partial charge in [-0.2, -0.15) is 0 Å². The normalized spacial score (nSPS) is 11.9. The molecule has 0 saturated heterocycles. The molecule has 3 rings (SSSR count). The second-order valence-corrected chi connectivity index (χ2v) is 9.62. The minimum absolute atomic E-state index is 0.0361. The van der Waals surface area contributed by atoms with Crippen LogP contribution in [0.3, 0.4) is 0 Å². The molecule has 0 radical (unpaired) electrons. The highest BCUT2D eigenvalue weighted by Gasteiger charge is 2.21. The van der Waals surface area contributed by atoms with E-state index >= 15 is 0 Å². The van der Waals surface area contributed by atoms with Gasteiger partial charge in [-0.25, -0.2) is 18.1 Å². The summed E-state index contributed by atoms with van der Waals surface area (Å²) in [5, 5.41) is 2.93. The van der Waals surface area contributed by atoms with Crippen LogP contribution in [-0.2, 0) is 21.3 Å². The molecule has 2 N–H and O–H groups in total. The average Bonchev–Trinajstić information content (AvgIpc) is 3.07. The number of sulfonamides is 1. The summed E-state index contributed by atoms with van der Waals surface area (Å²) in [6, 6.07) is 11.3. The van der Waals surface area contributed by atoms with Crippen LogP contribution in [-0.4, -0.2) is 43.1 Å². The van der Waals surface area contributed by atoms with Gasteiger partial charge in [0.15, 0.2) is 0 Å². The molecular weight excluding hydrogens is 452 g/mol. The third kappa shape index (κ3) is 5.66. The van der Waals surface area contributed by atoms with Crippen LogP contribution in [0.5, 0.6) is 0 Å².